The fraction of sp³-hybridized carbons (Fsp3) is 0.333. The SMILES string of the molecule is Cc1cccc(S(=O)(=O)n2c(Cl)cc3cc(CN4CCN(C)CC4)ccc32)c1. The number of piperazine rings is 1. The van der Waals surface area contributed by atoms with Crippen molar-refractivity contribution in [3.63, 3.8) is 0 Å². The molecule has 1 fully saturated rings. The van der Waals surface area contributed by atoms with Crippen LogP contribution in [0.25, 0.3) is 10.9 Å². The molecule has 4 rings (SSSR count). The van der Waals surface area contributed by atoms with Gasteiger partial charge in [-0.25, -0.2) is 12.4 Å². The zero-order chi connectivity index (χ0) is 19.9. The minimum absolute atomic E-state index is 0.202. The lowest BCUT2D eigenvalue weighted by Crippen LogP contribution is -2.43. The van der Waals surface area contributed by atoms with Crippen LogP contribution in [0.15, 0.2) is 53.4 Å². The number of benzene rings is 2. The molecule has 1 saturated heterocycles. The molecule has 7 heteroatoms. The van der Waals surface area contributed by atoms with Gasteiger partial charge in [0.25, 0.3) is 10.0 Å². The highest BCUT2D eigenvalue weighted by molar-refractivity contribution is 7.90. The summed E-state index contributed by atoms with van der Waals surface area (Å²) < 4.78 is 27.6. The number of nitrogens with zero attached hydrogens (tertiary/aromatic N) is 3. The maximum atomic E-state index is 13.2. The molecule has 5 nitrogen and oxygen atoms in total. The Hall–Kier alpha value is -1.86. The van der Waals surface area contributed by atoms with Crippen molar-refractivity contribution >= 4 is 32.5 Å². The molecular weight excluding hydrogens is 394 g/mol. The highest BCUT2D eigenvalue weighted by atomic mass is 35.5. The molecule has 0 unspecified atom stereocenters. The molecule has 28 heavy (non-hydrogen) atoms. The Morgan fingerprint density at radius 2 is 1.75 bits per heavy atom. The van der Waals surface area contributed by atoms with Crippen molar-refractivity contribution in [2.45, 2.75) is 18.4 Å². The van der Waals surface area contributed by atoms with Gasteiger partial charge in [0, 0.05) is 38.1 Å². The van der Waals surface area contributed by atoms with Crippen LogP contribution in [0, 0.1) is 6.92 Å². The lowest BCUT2D eigenvalue weighted by atomic mass is 10.1. The lowest BCUT2D eigenvalue weighted by Gasteiger charge is -2.32. The maximum absolute atomic E-state index is 13.2. The number of likely N-dealkylation sites (N-methyl/N-ethyl adjacent to an activating group) is 1. The molecule has 0 bridgehead atoms. The van der Waals surface area contributed by atoms with Crippen LogP contribution >= 0.6 is 11.6 Å². The molecule has 0 aliphatic carbocycles. The minimum Gasteiger partial charge on any atom is -0.304 e. The molecule has 1 aromatic heterocycles. The van der Waals surface area contributed by atoms with E-state index in [1.54, 1.807) is 24.3 Å². The van der Waals surface area contributed by atoms with Gasteiger partial charge in [0.05, 0.1) is 10.4 Å². The maximum Gasteiger partial charge on any atom is 0.269 e. The highest BCUT2D eigenvalue weighted by Gasteiger charge is 2.23. The van der Waals surface area contributed by atoms with Crippen molar-refractivity contribution in [2.24, 2.45) is 0 Å². The number of fused-ring (bicyclic) bond motifs is 1. The third-order valence-corrected chi connectivity index (χ3v) is 7.41. The average Bonchev–Trinajstić information content (AvgIpc) is 2.99. The summed E-state index contributed by atoms with van der Waals surface area (Å²) in [5.41, 5.74) is 2.66. The van der Waals surface area contributed by atoms with Gasteiger partial charge in [-0.1, -0.05) is 29.8 Å². The molecule has 0 amide bonds. The van der Waals surface area contributed by atoms with E-state index in [4.69, 9.17) is 11.6 Å². The Labute approximate surface area is 171 Å². The summed E-state index contributed by atoms with van der Waals surface area (Å²) in [6, 6.07) is 14.5. The summed E-state index contributed by atoms with van der Waals surface area (Å²) in [5.74, 6) is 0. The largest absolute Gasteiger partial charge is 0.304 e. The first kappa shape index (κ1) is 19.5. The van der Waals surface area contributed by atoms with Gasteiger partial charge in [-0.15, -0.1) is 0 Å². The highest BCUT2D eigenvalue weighted by Crippen LogP contribution is 2.30. The molecule has 2 heterocycles. The van der Waals surface area contributed by atoms with Crippen LogP contribution in [0.4, 0.5) is 0 Å². The van der Waals surface area contributed by atoms with Crippen LogP contribution in [0.1, 0.15) is 11.1 Å². The molecule has 2 aromatic carbocycles. The lowest BCUT2D eigenvalue weighted by molar-refractivity contribution is 0.148. The van der Waals surface area contributed by atoms with Crippen LogP contribution in [0.5, 0.6) is 0 Å². The summed E-state index contributed by atoms with van der Waals surface area (Å²) in [5, 5.41) is 1.04. The van der Waals surface area contributed by atoms with Gasteiger partial charge < -0.3 is 4.90 Å². The van der Waals surface area contributed by atoms with Gasteiger partial charge in [0.2, 0.25) is 0 Å². The molecule has 1 aliphatic heterocycles. The van der Waals surface area contributed by atoms with E-state index in [2.05, 4.69) is 16.8 Å². The molecule has 0 atom stereocenters. The molecule has 0 saturated carbocycles. The minimum atomic E-state index is -3.75. The van der Waals surface area contributed by atoms with Gasteiger partial charge >= 0.3 is 0 Å². The van der Waals surface area contributed by atoms with Crippen molar-refractivity contribution in [1.82, 2.24) is 13.8 Å². The number of aryl methyl sites for hydroxylation is 1. The van der Waals surface area contributed by atoms with Crippen LogP contribution in [0.2, 0.25) is 5.15 Å². The van der Waals surface area contributed by atoms with Crippen molar-refractivity contribution in [3.05, 3.63) is 64.8 Å². The van der Waals surface area contributed by atoms with Crippen molar-refractivity contribution in [3.8, 4) is 0 Å². The van der Waals surface area contributed by atoms with E-state index >= 15 is 0 Å². The van der Waals surface area contributed by atoms with Gasteiger partial charge in [-0.2, -0.15) is 0 Å². The third kappa shape index (κ3) is 3.70. The monoisotopic (exact) mass is 417 g/mol. The fourth-order valence-electron chi connectivity index (χ4n) is 3.69. The Kier molecular flexibility index (Phi) is 5.22. The van der Waals surface area contributed by atoms with Crippen LogP contribution in [-0.2, 0) is 16.6 Å². The Bertz CT molecular complexity index is 1120. The normalized spacial score (nSPS) is 16.7. The second kappa shape index (κ2) is 7.52. The predicted octanol–water partition coefficient (Wildman–Crippen LogP) is 3.59. The number of hydrogen-bond acceptors (Lipinski definition) is 4. The zero-order valence-corrected chi connectivity index (χ0v) is 17.7. The first-order chi connectivity index (χ1) is 13.3. The van der Waals surface area contributed by atoms with Gasteiger partial charge in [-0.3, -0.25) is 4.90 Å². The zero-order valence-electron chi connectivity index (χ0n) is 16.1. The van der Waals surface area contributed by atoms with E-state index in [-0.39, 0.29) is 10.0 Å². The Balaban J connectivity index is 1.68. The Morgan fingerprint density at radius 3 is 2.46 bits per heavy atom. The number of hydrogen-bond donors (Lipinski definition) is 0. The van der Waals surface area contributed by atoms with Gasteiger partial charge in [0.1, 0.15) is 5.15 Å². The van der Waals surface area contributed by atoms with E-state index < -0.39 is 10.0 Å². The van der Waals surface area contributed by atoms with E-state index in [1.807, 2.05) is 31.2 Å². The second-order valence-electron chi connectivity index (χ2n) is 7.53. The van der Waals surface area contributed by atoms with Crippen molar-refractivity contribution in [2.75, 3.05) is 33.2 Å². The van der Waals surface area contributed by atoms with Gasteiger partial charge in [0.15, 0.2) is 0 Å². The smallest absolute Gasteiger partial charge is 0.269 e. The topological polar surface area (TPSA) is 45.6 Å². The van der Waals surface area contributed by atoms with Crippen LogP contribution < -0.4 is 0 Å². The first-order valence-corrected chi connectivity index (χ1v) is 11.2. The van der Waals surface area contributed by atoms with Crippen LogP contribution in [0.3, 0.4) is 0 Å². The van der Waals surface area contributed by atoms with Crippen molar-refractivity contribution < 1.29 is 8.42 Å². The Morgan fingerprint density at radius 1 is 1.00 bits per heavy atom. The van der Waals surface area contributed by atoms with E-state index in [9.17, 15) is 8.42 Å². The summed E-state index contributed by atoms with van der Waals surface area (Å²) in [6.07, 6.45) is 0. The fourth-order valence-corrected chi connectivity index (χ4v) is 5.68. The van der Waals surface area contributed by atoms with E-state index in [1.165, 1.54) is 9.54 Å². The number of rotatable bonds is 4. The predicted molar refractivity (Wildman–Crippen MR) is 113 cm³/mol. The standard InChI is InChI=1S/C21H24ClN3O2S/c1-16-4-3-5-19(12-16)28(26,27)25-20-7-6-17(13-18(20)14-21(25)22)15-24-10-8-23(2)9-11-24/h3-7,12-14H,8-11,15H2,1-2H3. The number of halogens is 1. The summed E-state index contributed by atoms with van der Waals surface area (Å²) >= 11 is 6.37. The first-order valence-electron chi connectivity index (χ1n) is 9.37. The van der Waals surface area contributed by atoms with Gasteiger partial charge in [-0.05, 0) is 55.4 Å². The molecule has 1 aliphatic rings. The molecule has 0 spiro atoms. The number of aromatic nitrogens is 1. The van der Waals surface area contributed by atoms with E-state index in [0.717, 1.165) is 43.7 Å². The molecule has 148 valence electrons. The van der Waals surface area contributed by atoms with Crippen molar-refractivity contribution in [1.29, 1.82) is 0 Å². The van der Waals surface area contributed by atoms with E-state index in [0.29, 0.717) is 5.52 Å². The third-order valence-electron chi connectivity index (χ3n) is 5.31. The van der Waals surface area contributed by atoms with Crippen LogP contribution in [-0.4, -0.2) is 55.4 Å². The summed E-state index contributed by atoms with van der Waals surface area (Å²) in [7, 11) is -1.61. The molecule has 0 radical (unpaired) electrons. The molecule has 3 aromatic rings. The summed E-state index contributed by atoms with van der Waals surface area (Å²) in [4.78, 5) is 4.99. The second-order valence-corrected chi connectivity index (χ2v) is 9.70. The molecular formula is C21H24ClN3O2S. The molecule has 0 N–H and O–H groups in total. The quantitative estimate of drug-likeness (QED) is 0.650. The average molecular weight is 418 g/mol. The summed E-state index contributed by atoms with van der Waals surface area (Å²) in [6.45, 7) is 6.95.